The first kappa shape index (κ1) is 9.92. The molecule has 2 N–H and O–H groups in total. The Morgan fingerprint density at radius 1 is 1.27 bits per heavy atom. The molecular weight excluding hydrogens is 216 g/mol. The number of aromatic nitrogens is 3. The lowest BCUT2D eigenvalue weighted by atomic mass is 10.2. The number of furan rings is 1. The van der Waals surface area contributed by atoms with Gasteiger partial charge in [0.25, 0.3) is 0 Å². The lowest BCUT2D eigenvalue weighted by Crippen LogP contribution is -2.04. The van der Waals surface area contributed by atoms with Gasteiger partial charge in [0, 0.05) is 12.8 Å². The van der Waals surface area contributed by atoms with Crippen LogP contribution >= 0.6 is 11.6 Å². The quantitative estimate of drug-likeness (QED) is 0.855. The second kappa shape index (κ2) is 4.27. The normalized spacial score (nSPS) is 10.5. The van der Waals surface area contributed by atoms with Crippen LogP contribution in [-0.2, 0) is 12.8 Å². The molecule has 0 bridgehead atoms. The van der Waals surface area contributed by atoms with Gasteiger partial charge in [-0.15, -0.1) is 0 Å². The third-order valence-corrected chi connectivity index (χ3v) is 2.02. The monoisotopic (exact) mass is 224 g/mol. The predicted molar refractivity (Wildman–Crippen MR) is 55.4 cm³/mol. The summed E-state index contributed by atoms with van der Waals surface area (Å²) in [7, 11) is 0. The van der Waals surface area contributed by atoms with Crippen molar-refractivity contribution in [3.8, 4) is 0 Å². The number of halogens is 1. The Balaban J connectivity index is 2.05. The highest BCUT2D eigenvalue weighted by molar-refractivity contribution is 6.28. The van der Waals surface area contributed by atoms with Crippen LogP contribution < -0.4 is 5.73 Å². The zero-order valence-electron chi connectivity index (χ0n) is 7.85. The molecule has 0 saturated heterocycles. The second-order valence-corrected chi connectivity index (χ2v) is 3.30. The third-order valence-electron chi connectivity index (χ3n) is 1.85. The van der Waals surface area contributed by atoms with E-state index >= 15 is 0 Å². The minimum atomic E-state index is 0.122. The Bertz CT molecular complexity index is 423. The summed E-state index contributed by atoms with van der Waals surface area (Å²) in [4.78, 5) is 11.6. The van der Waals surface area contributed by atoms with E-state index in [1.54, 1.807) is 6.26 Å². The minimum absolute atomic E-state index is 0.122. The van der Waals surface area contributed by atoms with Crippen LogP contribution in [0.4, 0.5) is 5.95 Å². The van der Waals surface area contributed by atoms with E-state index in [-0.39, 0.29) is 11.2 Å². The molecule has 2 rings (SSSR count). The van der Waals surface area contributed by atoms with E-state index in [9.17, 15) is 0 Å². The lowest BCUT2D eigenvalue weighted by molar-refractivity contribution is 0.506. The third kappa shape index (κ3) is 2.66. The van der Waals surface area contributed by atoms with Crippen LogP contribution in [0, 0.1) is 0 Å². The molecule has 0 aliphatic heterocycles. The smallest absolute Gasteiger partial charge is 0.227 e. The average molecular weight is 225 g/mol. The molecule has 0 aliphatic rings. The van der Waals surface area contributed by atoms with E-state index < -0.39 is 0 Å². The van der Waals surface area contributed by atoms with Crippen LogP contribution in [0.3, 0.4) is 0 Å². The van der Waals surface area contributed by atoms with Crippen molar-refractivity contribution in [2.24, 2.45) is 0 Å². The summed E-state index contributed by atoms with van der Waals surface area (Å²) in [6.07, 6.45) is 2.97. The molecule has 0 fully saturated rings. The zero-order chi connectivity index (χ0) is 10.7. The fourth-order valence-corrected chi connectivity index (χ4v) is 1.39. The van der Waals surface area contributed by atoms with E-state index in [1.165, 1.54) is 0 Å². The van der Waals surface area contributed by atoms with Crippen molar-refractivity contribution in [2.45, 2.75) is 12.8 Å². The number of hydrogen-bond donors (Lipinski definition) is 1. The molecule has 0 radical (unpaired) electrons. The Kier molecular flexibility index (Phi) is 2.82. The van der Waals surface area contributed by atoms with Crippen LogP contribution in [0.5, 0.6) is 0 Å². The van der Waals surface area contributed by atoms with Gasteiger partial charge in [0.15, 0.2) is 0 Å². The van der Waals surface area contributed by atoms with Crippen LogP contribution in [0.2, 0.25) is 5.28 Å². The first-order valence-corrected chi connectivity index (χ1v) is 4.80. The van der Waals surface area contributed by atoms with Crippen LogP contribution in [0.1, 0.15) is 11.6 Å². The van der Waals surface area contributed by atoms with Gasteiger partial charge in [0.1, 0.15) is 11.6 Å². The highest BCUT2D eigenvalue weighted by atomic mass is 35.5. The fraction of sp³-hybridized carbons (Fsp3) is 0.222. The summed E-state index contributed by atoms with van der Waals surface area (Å²) in [5, 5.41) is 0.122. The average Bonchev–Trinajstić information content (AvgIpc) is 2.65. The van der Waals surface area contributed by atoms with Crippen molar-refractivity contribution >= 4 is 17.5 Å². The maximum Gasteiger partial charge on any atom is 0.227 e. The van der Waals surface area contributed by atoms with Gasteiger partial charge in [-0.3, -0.25) is 0 Å². The molecule has 2 aromatic rings. The van der Waals surface area contributed by atoms with E-state index in [1.807, 2.05) is 12.1 Å². The number of anilines is 1. The van der Waals surface area contributed by atoms with Crippen molar-refractivity contribution in [3.63, 3.8) is 0 Å². The van der Waals surface area contributed by atoms with E-state index in [2.05, 4.69) is 15.0 Å². The number of rotatable bonds is 3. The number of nitrogen functional groups attached to an aromatic ring is 1. The van der Waals surface area contributed by atoms with Crippen molar-refractivity contribution in [1.82, 2.24) is 15.0 Å². The maximum absolute atomic E-state index is 5.65. The molecule has 0 amide bonds. The number of aryl methyl sites for hydroxylation is 2. The highest BCUT2D eigenvalue weighted by Crippen LogP contribution is 2.07. The topological polar surface area (TPSA) is 77.8 Å². The largest absolute Gasteiger partial charge is 0.469 e. The van der Waals surface area contributed by atoms with E-state index in [4.69, 9.17) is 21.8 Å². The van der Waals surface area contributed by atoms with E-state index in [0.717, 1.165) is 5.76 Å². The summed E-state index contributed by atoms with van der Waals surface area (Å²) >= 11 is 5.65. The summed E-state index contributed by atoms with van der Waals surface area (Å²) in [5.74, 6) is 1.60. The molecular formula is C9H9ClN4O. The summed E-state index contributed by atoms with van der Waals surface area (Å²) in [6.45, 7) is 0. The van der Waals surface area contributed by atoms with E-state index in [0.29, 0.717) is 18.7 Å². The Morgan fingerprint density at radius 3 is 2.80 bits per heavy atom. The van der Waals surface area contributed by atoms with Crippen molar-refractivity contribution in [3.05, 3.63) is 35.3 Å². The molecule has 2 heterocycles. The summed E-state index contributed by atoms with van der Waals surface area (Å²) < 4.78 is 5.18. The number of hydrogen-bond acceptors (Lipinski definition) is 5. The van der Waals surface area contributed by atoms with Gasteiger partial charge in [0.2, 0.25) is 11.2 Å². The second-order valence-electron chi connectivity index (χ2n) is 2.96. The van der Waals surface area contributed by atoms with Gasteiger partial charge in [-0.25, -0.2) is 4.98 Å². The molecule has 5 nitrogen and oxygen atoms in total. The zero-order valence-corrected chi connectivity index (χ0v) is 8.61. The van der Waals surface area contributed by atoms with Crippen LogP contribution in [-0.4, -0.2) is 15.0 Å². The fourth-order valence-electron chi connectivity index (χ4n) is 1.21. The van der Waals surface area contributed by atoms with Crippen molar-refractivity contribution in [1.29, 1.82) is 0 Å². The molecule has 0 aliphatic carbocycles. The molecule has 78 valence electrons. The lowest BCUT2D eigenvalue weighted by Gasteiger charge is -1.99. The Morgan fingerprint density at radius 2 is 2.13 bits per heavy atom. The van der Waals surface area contributed by atoms with Gasteiger partial charge in [-0.2, -0.15) is 9.97 Å². The van der Waals surface area contributed by atoms with Gasteiger partial charge < -0.3 is 10.2 Å². The van der Waals surface area contributed by atoms with Crippen molar-refractivity contribution < 1.29 is 4.42 Å². The number of nitrogens with zero attached hydrogens (tertiary/aromatic N) is 3. The van der Waals surface area contributed by atoms with Gasteiger partial charge >= 0.3 is 0 Å². The molecule has 0 saturated carbocycles. The molecule has 0 unspecified atom stereocenters. The molecule has 6 heteroatoms. The standard InChI is InChI=1S/C9H9ClN4O/c10-8-12-7(13-9(11)14-8)4-3-6-2-1-5-15-6/h1-2,5H,3-4H2,(H2,11,12,13,14). The summed E-state index contributed by atoms with van der Waals surface area (Å²) in [6, 6.07) is 3.73. The van der Waals surface area contributed by atoms with Gasteiger partial charge in [0.05, 0.1) is 6.26 Å². The van der Waals surface area contributed by atoms with Crippen LogP contribution in [0.15, 0.2) is 22.8 Å². The number of nitrogens with two attached hydrogens (primary N) is 1. The van der Waals surface area contributed by atoms with Gasteiger partial charge in [-0.1, -0.05) is 0 Å². The van der Waals surface area contributed by atoms with Crippen molar-refractivity contribution in [2.75, 3.05) is 5.73 Å². The molecule has 2 aromatic heterocycles. The predicted octanol–water partition coefficient (Wildman–Crippen LogP) is 1.49. The SMILES string of the molecule is Nc1nc(Cl)nc(CCc2ccco2)n1. The first-order chi connectivity index (χ1) is 7.24. The molecule has 0 spiro atoms. The summed E-state index contributed by atoms with van der Waals surface area (Å²) in [5.41, 5.74) is 5.44. The minimum Gasteiger partial charge on any atom is -0.469 e. The first-order valence-electron chi connectivity index (χ1n) is 4.42. The molecule has 15 heavy (non-hydrogen) atoms. The molecule has 0 aromatic carbocycles. The van der Waals surface area contributed by atoms with Gasteiger partial charge in [-0.05, 0) is 23.7 Å². The molecule has 0 atom stereocenters. The Labute approximate surface area is 91.3 Å². The van der Waals surface area contributed by atoms with Crippen LogP contribution in [0.25, 0.3) is 0 Å². The Hall–Kier alpha value is -1.62. The highest BCUT2D eigenvalue weighted by Gasteiger charge is 2.04. The maximum atomic E-state index is 5.65.